The lowest BCUT2D eigenvalue weighted by atomic mass is 9.75. The maximum Gasteiger partial charge on any atom is 0.322 e. The number of likely N-dealkylation sites (tertiary alicyclic amines) is 1. The van der Waals surface area contributed by atoms with Crippen molar-refractivity contribution in [3.05, 3.63) is 59.1 Å². The molecule has 2 aliphatic heterocycles. The summed E-state index contributed by atoms with van der Waals surface area (Å²) in [5, 5.41) is 5.92. The van der Waals surface area contributed by atoms with Crippen molar-refractivity contribution in [3.8, 4) is 0 Å². The van der Waals surface area contributed by atoms with Crippen molar-refractivity contribution >= 4 is 23.5 Å². The van der Waals surface area contributed by atoms with E-state index in [4.69, 9.17) is 11.6 Å². The summed E-state index contributed by atoms with van der Waals surface area (Å²) >= 11 is 6.22. The molecule has 2 fully saturated rings. The lowest BCUT2D eigenvalue weighted by Crippen LogP contribution is -2.53. The van der Waals surface area contributed by atoms with Gasteiger partial charge in [-0.15, -0.1) is 0 Å². The first kappa shape index (κ1) is 17.9. The molecule has 140 valence electrons. The Morgan fingerprint density at radius 3 is 2.63 bits per heavy atom. The van der Waals surface area contributed by atoms with Crippen molar-refractivity contribution in [1.29, 1.82) is 0 Å². The monoisotopic (exact) mass is 385 g/mol. The van der Waals surface area contributed by atoms with Gasteiger partial charge in [0.25, 0.3) is 5.91 Å². The molecule has 27 heavy (non-hydrogen) atoms. The van der Waals surface area contributed by atoms with Gasteiger partial charge in [-0.2, -0.15) is 0 Å². The quantitative estimate of drug-likeness (QED) is 0.787. The van der Waals surface area contributed by atoms with Gasteiger partial charge in [0.1, 0.15) is 0 Å². The predicted molar refractivity (Wildman–Crippen MR) is 99.8 cm³/mol. The summed E-state index contributed by atoms with van der Waals surface area (Å²) < 4.78 is 0. The maximum absolute atomic E-state index is 12.8. The fraction of sp³-hybridized carbons (Fsp3) is 0.368. The Morgan fingerprint density at radius 1 is 1.19 bits per heavy atom. The van der Waals surface area contributed by atoms with Crippen LogP contribution in [0.5, 0.6) is 0 Å². The Morgan fingerprint density at radius 2 is 2.00 bits per heavy atom. The minimum atomic E-state index is -1.10. The second-order valence-electron chi connectivity index (χ2n) is 6.95. The summed E-state index contributed by atoms with van der Waals surface area (Å²) in [5.74, 6) is -0.343. The molecule has 0 aliphatic carbocycles. The van der Waals surface area contributed by atoms with Gasteiger partial charge in [0.15, 0.2) is 5.54 Å². The molecule has 4 heterocycles. The Kier molecular flexibility index (Phi) is 4.80. The normalized spacial score (nSPS) is 23.9. The number of nitrogens with zero attached hydrogens (tertiary/aromatic N) is 3. The lowest BCUT2D eigenvalue weighted by Gasteiger charge is -2.40. The zero-order valence-corrected chi connectivity index (χ0v) is 15.4. The van der Waals surface area contributed by atoms with E-state index in [0.717, 1.165) is 38.0 Å². The molecule has 4 rings (SSSR count). The fourth-order valence-corrected chi connectivity index (χ4v) is 4.22. The molecular weight excluding hydrogens is 366 g/mol. The highest BCUT2D eigenvalue weighted by Gasteiger charge is 2.54. The van der Waals surface area contributed by atoms with Crippen molar-refractivity contribution in [2.45, 2.75) is 24.9 Å². The van der Waals surface area contributed by atoms with Crippen molar-refractivity contribution in [2.24, 2.45) is 5.92 Å². The van der Waals surface area contributed by atoms with Crippen LogP contribution in [0.2, 0.25) is 5.02 Å². The van der Waals surface area contributed by atoms with Gasteiger partial charge in [-0.3, -0.25) is 25.0 Å². The van der Waals surface area contributed by atoms with Gasteiger partial charge in [0.05, 0.1) is 10.7 Å². The van der Waals surface area contributed by atoms with E-state index in [1.807, 2.05) is 12.1 Å². The number of halogens is 1. The second kappa shape index (κ2) is 7.25. The third kappa shape index (κ3) is 3.28. The Hall–Kier alpha value is -2.51. The minimum Gasteiger partial charge on any atom is -0.318 e. The van der Waals surface area contributed by atoms with Crippen LogP contribution in [0.25, 0.3) is 0 Å². The number of rotatable bonds is 4. The first-order valence-electron chi connectivity index (χ1n) is 8.95. The summed E-state index contributed by atoms with van der Waals surface area (Å²) in [6.45, 7) is 2.35. The number of nitrogens with one attached hydrogen (secondary N) is 2. The molecule has 3 amide bonds. The molecule has 0 radical (unpaired) electrons. The Labute approximate surface area is 162 Å². The van der Waals surface area contributed by atoms with Gasteiger partial charge < -0.3 is 5.32 Å². The molecule has 2 saturated heterocycles. The van der Waals surface area contributed by atoms with E-state index in [2.05, 4.69) is 25.5 Å². The van der Waals surface area contributed by atoms with Crippen molar-refractivity contribution in [2.75, 3.05) is 13.1 Å². The number of aromatic nitrogens is 2. The largest absolute Gasteiger partial charge is 0.322 e. The minimum absolute atomic E-state index is 0.0250. The van der Waals surface area contributed by atoms with Crippen LogP contribution in [0.3, 0.4) is 0 Å². The smallest absolute Gasteiger partial charge is 0.318 e. The van der Waals surface area contributed by atoms with Gasteiger partial charge in [-0.1, -0.05) is 17.7 Å². The molecule has 0 saturated carbocycles. The topological polar surface area (TPSA) is 87.2 Å². The zero-order valence-electron chi connectivity index (χ0n) is 14.7. The number of carbonyl (C=O) groups excluding carboxylic acids is 2. The number of carbonyl (C=O) groups is 2. The summed E-state index contributed by atoms with van der Waals surface area (Å²) in [4.78, 5) is 35.4. The summed E-state index contributed by atoms with van der Waals surface area (Å²) in [6.07, 6.45) is 6.58. The number of urea groups is 1. The third-order valence-electron chi connectivity index (χ3n) is 5.42. The number of piperidine rings is 1. The van der Waals surface area contributed by atoms with Crippen LogP contribution in [0.15, 0.2) is 42.9 Å². The molecular formula is C19H20ClN5O2. The van der Waals surface area contributed by atoms with Crippen LogP contribution in [-0.2, 0) is 16.9 Å². The standard InChI is InChI=1S/C19H20ClN5O2/c20-15-11-21-8-4-13(15)12-25-9-5-14(6-10-25)19(16-3-1-2-7-22-16)17(26)23-18(27)24-19/h1-4,7-8,11,14H,5-6,9-10,12H2,(H2,23,24,26,27). The van der Waals surface area contributed by atoms with Crippen LogP contribution >= 0.6 is 11.6 Å². The van der Waals surface area contributed by atoms with Crippen molar-refractivity contribution in [3.63, 3.8) is 0 Å². The van der Waals surface area contributed by atoms with Gasteiger partial charge in [-0.25, -0.2) is 4.79 Å². The van der Waals surface area contributed by atoms with E-state index >= 15 is 0 Å². The Balaban J connectivity index is 1.52. The second-order valence-corrected chi connectivity index (χ2v) is 7.36. The first-order valence-corrected chi connectivity index (χ1v) is 9.33. The van der Waals surface area contributed by atoms with Crippen molar-refractivity contribution < 1.29 is 9.59 Å². The number of hydrogen-bond acceptors (Lipinski definition) is 5. The molecule has 8 heteroatoms. The van der Waals surface area contributed by atoms with Crippen LogP contribution in [-0.4, -0.2) is 39.9 Å². The van der Waals surface area contributed by atoms with E-state index in [9.17, 15) is 9.59 Å². The summed E-state index contributed by atoms with van der Waals surface area (Å²) in [6, 6.07) is 6.90. The molecule has 0 bridgehead atoms. The molecule has 7 nitrogen and oxygen atoms in total. The highest BCUT2D eigenvalue weighted by molar-refractivity contribution is 6.31. The van der Waals surface area contributed by atoms with E-state index < -0.39 is 11.6 Å². The predicted octanol–water partition coefficient (Wildman–Crippen LogP) is 2.08. The fourth-order valence-electron chi connectivity index (χ4n) is 4.04. The van der Waals surface area contributed by atoms with E-state index in [1.54, 1.807) is 30.7 Å². The van der Waals surface area contributed by atoms with E-state index in [-0.39, 0.29) is 11.8 Å². The molecule has 1 atom stereocenters. The molecule has 2 aliphatic rings. The summed E-state index contributed by atoms with van der Waals surface area (Å²) in [5.41, 5.74) is 0.527. The van der Waals surface area contributed by atoms with Gasteiger partial charge >= 0.3 is 6.03 Å². The number of imide groups is 1. The number of amides is 3. The molecule has 0 aromatic carbocycles. The van der Waals surface area contributed by atoms with Crippen LogP contribution in [0.1, 0.15) is 24.1 Å². The molecule has 1 unspecified atom stereocenters. The van der Waals surface area contributed by atoms with Crippen LogP contribution < -0.4 is 10.6 Å². The average Bonchev–Trinajstić information content (AvgIpc) is 3.00. The third-order valence-corrected chi connectivity index (χ3v) is 5.76. The SMILES string of the molecule is O=C1NC(=O)C(c2ccccn2)(C2CCN(Cc3ccncc3Cl)CC2)N1. The number of pyridine rings is 2. The van der Waals surface area contributed by atoms with Crippen LogP contribution in [0.4, 0.5) is 4.79 Å². The van der Waals surface area contributed by atoms with Gasteiger partial charge in [0.2, 0.25) is 0 Å². The molecule has 2 N–H and O–H groups in total. The number of hydrogen-bond donors (Lipinski definition) is 2. The highest BCUT2D eigenvalue weighted by atomic mass is 35.5. The lowest BCUT2D eigenvalue weighted by molar-refractivity contribution is -0.127. The molecule has 0 spiro atoms. The average molecular weight is 386 g/mol. The van der Waals surface area contributed by atoms with E-state index in [0.29, 0.717) is 10.7 Å². The highest BCUT2D eigenvalue weighted by Crippen LogP contribution is 2.38. The van der Waals surface area contributed by atoms with E-state index in [1.165, 1.54) is 0 Å². The molecule has 2 aromatic heterocycles. The first-order chi connectivity index (χ1) is 13.1. The summed E-state index contributed by atoms with van der Waals surface area (Å²) in [7, 11) is 0. The van der Waals surface area contributed by atoms with Crippen LogP contribution in [0, 0.1) is 5.92 Å². The van der Waals surface area contributed by atoms with Gasteiger partial charge in [-0.05, 0) is 55.6 Å². The zero-order chi connectivity index (χ0) is 18.9. The van der Waals surface area contributed by atoms with Crippen molar-refractivity contribution in [1.82, 2.24) is 25.5 Å². The van der Waals surface area contributed by atoms with Gasteiger partial charge in [0, 0.05) is 25.1 Å². The Bertz CT molecular complexity index is 854. The maximum atomic E-state index is 12.8. The molecule has 2 aromatic rings.